The lowest BCUT2D eigenvalue weighted by Crippen LogP contribution is -2.42. The number of carbonyl (C=O) groups is 2. The van der Waals surface area contributed by atoms with Gasteiger partial charge in [0, 0.05) is 32.9 Å². The summed E-state index contributed by atoms with van der Waals surface area (Å²) in [6, 6.07) is 11.8. The summed E-state index contributed by atoms with van der Waals surface area (Å²) in [6.07, 6.45) is 0.999. The third kappa shape index (κ3) is 5.19. The smallest absolute Gasteiger partial charge is 0.321 e. The maximum Gasteiger partial charge on any atom is 0.321 e. The number of nitrogens with zero attached hydrogens (tertiary/aromatic N) is 2. The van der Waals surface area contributed by atoms with Crippen molar-refractivity contribution in [3.8, 4) is 0 Å². The van der Waals surface area contributed by atoms with Gasteiger partial charge in [-0.3, -0.25) is 4.79 Å². The van der Waals surface area contributed by atoms with Crippen LogP contribution < -0.4 is 5.32 Å². The molecule has 0 unspecified atom stereocenters. The number of urea groups is 1. The molecule has 0 radical (unpaired) electrons. The Labute approximate surface area is 175 Å². The monoisotopic (exact) mass is 435 g/mol. The molecule has 0 bridgehead atoms. The molecule has 10 heteroatoms. The largest absolute Gasteiger partial charge is 0.457 e. The minimum absolute atomic E-state index is 0.142. The fraction of sp³-hybridized carbons (Fsp3) is 0.400. The molecular formula is C20H25N3O6S. The van der Waals surface area contributed by atoms with Crippen molar-refractivity contribution in [3.05, 3.63) is 48.2 Å². The molecule has 0 saturated carbocycles. The predicted octanol–water partition coefficient (Wildman–Crippen LogP) is 2.52. The second-order valence-corrected chi connectivity index (χ2v) is 9.26. The number of amides is 2. The maximum atomic E-state index is 12.3. The van der Waals surface area contributed by atoms with Gasteiger partial charge in [0.05, 0.1) is 5.92 Å². The fourth-order valence-electron chi connectivity index (χ4n) is 3.06. The van der Waals surface area contributed by atoms with Crippen LogP contribution in [0.5, 0.6) is 0 Å². The van der Waals surface area contributed by atoms with E-state index in [0.29, 0.717) is 25.9 Å². The van der Waals surface area contributed by atoms with Crippen LogP contribution in [-0.2, 0) is 26.2 Å². The minimum Gasteiger partial charge on any atom is -0.457 e. The Morgan fingerprint density at radius 1 is 1.13 bits per heavy atom. The van der Waals surface area contributed by atoms with Crippen LogP contribution in [0.4, 0.5) is 10.5 Å². The number of ether oxygens (including phenoxy) is 1. The molecule has 1 fully saturated rings. The number of hydrogen-bond acceptors (Lipinski definition) is 6. The lowest BCUT2D eigenvalue weighted by Gasteiger charge is -2.30. The molecule has 1 N–H and O–H groups in total. The van der Waals surface area contributed by atoms with Gasteiger partial charge < -0.3 is 19.4 Å². The zero-order chi connectivity index (χ0) is 21.7. The van der Waals surface area contributed by atoms with Crippen molar-refractivity contribution in [2.75, 3.05) is 32.5 Å². The molecule has 1 aliphatic rings. The van der Waals surface area contributed by atoms with Gasteiger partial charge in [0.1, 0.15) is 12.4 Å². The van der Waals surface area contributed by atoms with Gasteiger partial charge in [-0.25, -0.2) is 17.5 Å². The molecule has 162 valence electrons. The first-order valence-electron chi connectivity index (χ1n) is 9.56. The summed E-state index contributed by atoms with van der Waals surface area (Å²) in [5, 5.41) is 2.63. The highest BCUT2D eigenvalue weighted by atomic mass is 32.2. The molecule has 2 aromatic rings. The molecular weight excluding hydrogens is 410 g/mol. The van der Waals surface area contributed by atoms with Gasteiger partial charge in [0.25, 0.3) is 10.0 Å². The topological polar surface area (TPSA) is 109 Å². The van der Waals surface area contributed by atoms with Crippen molar-refractivity contribution in [3.63, 3.8) is 0 Å². The molecule has 0 spiro atoms. The van der Waals surface area contributed by atoms with Crippen LogP contribution in [0, 0.1) is 5.92 Å². The van der Waals surface area contributed by atoms with Crippen LogP contribution in [0.25, 0.3) is 0 Å². The number of rotatable bonds is 6. The van der Waals surface area contributed by atoms with E-state index >= 15 is 0 Å². The summed E-state index contributed by atoms with van der Waals surface area (Å²) in [7, 11) is -0.856. The second kappa shape index (κ2) is 9.31. The Bertz CT molecular complexity index is 979. The Morgan fingerprint density at radius 2 is 1.80 bits per heavy atom. The van der Waals surface area contributed by atoms with E-state index in [9.17, 15) is 18.0 Å². The summed E-state index contributed by atoms with van der Waals surface area (Å²) < 4.78 is 35.7. The van der Waals surface area contributed by atoms with Crippen molar-refractivity contribution < 1.29 is 27.2 Å². The zero-order valence-electron chi connectivity index (χ0n) is 16.9. The molecule has 1 aromatic heterocycles. The summed E-state index contributed by atoms with van der Waals surface area (Å²) in [5.41, 5.74) is 0.720. The number of nitrogens with one attached hydrogen (secondary N) is 1. The Hall–Kier alpha value is -2.85. The van der Waals surface area contributed by atoms with E-state index in [1.165, 1.54) is 26.2 Å². The number of likely N-dealkylation sites (tertiary alicyclic amines) is 1. The Balaban J connectivity index is 1.46. The fourth-order valence-corrected chi connectivity index (χ4v) is 3.87. The standard InChI is InChI=1S/C20H25N3O6S/c1-22(2)30(26,27)18-9-8-17(29-18)14-28-19(24)15-10-12-23(13-11-15)20(25)21-16-6-4-3-5-7-16/h3-9,15H,10-14H2,1-2H3,(H,21,25). The summed E-state index contributed by atoms with van der Waals surface area (Å²) in [5.74, 6) is -0.444. The summed E-state index contributed by atoms with van der Waals surface area (Å²) >= 11 is 0. The van der Waals surface area contributed by atoms with Gasteiger partial charge in [-0.05, 0) is 37.1 Å². The number of furan rings is 1. The van der Waals surface area contributed by atoms with E-state index in [1.807, 2.05) is 30.3 Å². The van der Waals surface area contributed by atoms with Crippen molar-refractivity contribution >= 4 is 27.7 Å². The van der Waals surface area contributed by atoms with Crippen molar-refractivity contribution in [1.82, 2.24) is 9.21 Å². The van der Waals surface area contributed by atoms with Gasteiger partial charge in [-0.2, -0.15) is 0 Å². The molecule has 1 aromatic carbocycles. The van der Waals surface area contributed by atoms with Gasteiger partial charge in [0.2, 0.25) is 5.09 Å². The summed E-state index contributed by atoms with van der Waals surface area (Å²) in [4.78, 5) is 26.3. The third-order valence-electron chi connectivity index (χ3n) is 4.87. The van der Waals surface area contributed by atoms with E-state index in [-0.39, 0.29) is 35.4 Å². The number of piperidine rings is 1. The van der Waals surface area contributed by atoms with Crippen LogP contribution in [0.15, 0.2) is 52.0 Å². The van der Waals surface area contributed by atoms with Crippen LogP contribution in [-0.4, -0.2) is 56.8 Å². The molecule has 0 aliphatic carbocycles. The molecule has 2 amide bonds. The Kier molecular flexibility index (Phi) is 6.78. The Morgan fingerprint density at radius 3 is 2.43 bits per heavy atom. The highest BCUT2D eigenvalue weighted by Gasteiger charge is 2.29. The number of esters is 1. The quantitative estimate of drug-likeness (QED) is 0.699. The molecule has 2 heterocycles. The van der Waals surface area contributed by atoms with E-state index in [2.05, 4.69) is 5.32 Å². The van der Waals surface area contributed by atoms with Crippen molar-refractivity contribution in [1.29, 1.82) is 0 Å². The predicted molar refractivity (Wildman–Crippen MR) is 109 cm³/mol. The first-order chi connectivity index (χ1) is 14.3. The highest BCUT2D eigenvalue weighted by Crippen LogP contribution is 2.22. The molecule has 1 aliphatic heterocycles. The second-order valence-electron chi connectivity index (χ2n) is 7.17. The van der Waals surface area contributed by atoms with Gasteiger partial charge in [0.15, 0.2) is 0 Å². The third-order valence-corrected chi connectivity index (χ3v) is 6.56. The van der Waals surface area contributed by atoms with Crippen molar-refractivity contribution in [2.24, 2.45) is 5.92 Å². The number of carbonyl (C=O) groups excluding carboxylic acids is 2. The summed E-state index contributed by atoms with van der Waals surface area (Å²) in [6.45, 7) is 0.755. The van der Waals surface area contributed by atoms with Gasteiger partial charge >= 0.3 is 12.0 Å². The first kappa shape index (κ1) is 21.8. The zero-order valence-corrected chi connectivity index (χ0v) is 17.7. The minimum atomic E-state index is -3.67. The number of hydrogen-bond donors (Lipinski definition) is 1. The first-order valence-corrected chi connectivity index (χ1v) is 11.0. The van der Waals surface area contributed by atoms with E-state index in [1.54, 1.807) is 4.90 Å². The molecule has 9 nitrogen and oxygen atoms in total. The maximum absolute atomic E-state index is 12.3. The lowest BCUT2D eigenvalue weighted by atomic mass is 9.97. The average molecular weight is 436 g/mol. The lowest BCUT2D eigenvalue weighted by molar-refractivity contribution is -0.151. The van der Waals surface area contributed by atoms with Crippen LogP contribution >= 0.6 is 0 Å². The average Bonchev–Trinajstić information content (AvgIpc) is 3.22. The molecule has 3 rings (SSSR count). The van der Waals surface area contributed by atoms with Gasteiger partial charge in [-0.15, -0.1) is 0 Å². The van der Waals surface area contributed by atoms with E-state index in [4.69, 9.17) is 9.15 Å². The number of anilines is 1. The molecule has 1 saturated heterocycles. The van der Waals surface area contributed by atoms with E-state index < -0.39 is 10.0 Å². The number of benzene rings is 1. The van der Waals surface area contributed by atoms with E-state index in [0.717, 1.165) is 9.99 Å². The SMILES string of the molecule is CN(C)S(=O)(=O)c1ccc(COC(=O)C2CCN(C(=O)Nc3ccccc3)CC2)o1. The highest BCUT2D eigenvalue weighted by molar-refractivity contribution is 7.88. The molecule has 30 heavy (non-hydrogen) atoms. The van der Waals surface area contributed by atoms with Crippen LogP contribution in [0.1, 0.15) is 18.6 Å². The number of para-hydroxylation sites is 1. The van der Waals surface area contributed by atoms with Gasteiger partial charge in [-0.1, -0.05) is 18.2 Å². The van der Waals surface area contributed by atoms with Crippen LogP contribution in [0.2, 0.25) is 0 Å². The van der Waals surface area contributed by atoms with Crippen molar-refractivity contribution in [2.45, 2.75) is 24.5 Å². The van der Waals surface area contributed by atoms with Crippen LogP contribution in [0.3, 0.4) is 0 Å². The normalized spacial score (nSPS) is 15.2. The number of sulfonamides is 1. The molecule has 0 atom stereocenters.